The van der Waals surface area contributed by atoms with Crippen molar-refractivity contribution in [1.29, 1.82) is 0 Å². The predicted molar refractivity (Wildman–Crippen MR) is 198 cm³/mol. The van der Waals surface area contributed by atoms with Crippen molar-refractivity contribution in [3.63, 3.8) is 0 Å². The molecule has 266 valence electrons. The first-order valence-corrected chi connectivity index (χ1v) is 18.5. The summed E-state index contributed by atoms with van der Waals surface area (Å²) in [6.45, 7) is 9.47. The summed E-state index contributed by atoms with van der Waals surface area (Å²) in [4.78, 5) is 16.6. The Balaban J connectivity index is 1.41. The van der Waals surface area contributed by atoms with Crippen LogP contribution in [0, 0.1) is 6.92 Å². The second kappa shape index (κ2) is 15.1. The molecule has 1 fully saturated rings. The summed E-state index contributed by atoms with van der Waals surface area (Å²) in [6, 6.07) is 29.5. The van der Waals surface area contributed by atoms with Crippen LogP contribution in [0.15, 0.2) is 108 Å². The van der Waals surface area contributed by atoms with Gasteiger partial charge < -0.3 is 24.0 Å². The van der Waals surface area contributed by atoms with Gasteiger partial charge in [0.15, 0.2) is 0 Å². The molecule has 51 heavy (non-hydrogen) atoms. The van der Waals surface area contributed by atoms with Gasteiger partial charge in [-0.1, -0.05) is 90.0 Å². The molecule has 1 aromatic heterocycles. The number of hydrogen-bond acceptors (Lipinski definition) is 8. The Labute approximate surface area is 304 Å². The van der Waals surface area contributed by atoms with Gasteiger partial charge >= 0.3 is 6.09 Å². The number of aromatic nitrogens is 2. The highest BCUT2D eigenvalue weighted by Crippen LogP contribution is 2.43. The summed E-state index contributed by atoms with van der Waals surface area (Å²) in [5.41, 5.74) is 3.62. The lowest BCUT2D eigenvalue weighted by atomic mass is 10.1. The third-order valence-electron chi connectivity index (χ3n) is 8.27. The van der Waals surface area contributed by atoms with Crippen molar-refractivity contribution in [2.45, 2.75) is 51.4 Å². The van der Waals surface area contributed by atoms with Crippen LogP contribution in [-0.4, -0.2) is 60.4 Å². The molecule has 4 aromatic carbocycles. The molecule has 1 saturated heterocycles. The zero-order valence-corrected chi connectivity index (χ0v) is 30.7. The van der Waals surface area contributed by atoms with E-state index in [0.29, 0.717) is 59.6 Å². The van der Waals surface area contributed by atoms with E-state index in [1.807, 2.05) is 93.3 Å². The third kappa shape index (κ3) is 8.66. The van der Waals surface area contributed by atoms with Crippen molar-refractivity contribution in [3.05, 3.63) is 125 Å². The minimum atomic E-state index is -4.08. The molecular formula is C39H41ClN4O6S. The maximum atomic E-state index is 14.0. The van der Waals surface area contributed by atoms with Crippen molar-refractivity contribution in [1.82, 2.24) is 14.1 Å². The zero-order valence-electron chi connectivity index (χ0n) is 29.1. The highest BCUT2D eigenvalue weighted by Gasteiger charge is 2.31. The van der Waals surface area contributed by atoms with E-state index in [9.17, 15) is 13.2 Å². The minimum absolute atomic E-state index is 0.103. The molecule has 0 spiro atoms. The van der Waals surface area contributed by atoms with Crippen molar-refractivity contribution in [2.24, 2.45) is 0 Å². The van der Waals surface area contributed by atoms with Crippen molar-refractivity contribution in [2.75, 3.05) is 31.1 Å². The molecule has 12 heteroatoms. The van der Waals surface area contributed by atoms with Crippen LogP contribution in [0.25, 0.3) is 11.3 Å². The maximum Gasteiger partial charge on any atom is 0.410 e. The molecule has 0 N–H and O–H groups in total. The van der Waals surface area contributed by atoms with E-state index in [-0.39, 0.29) is 18.1 Å². The maximum absolute atomic E-state index is 14.0. The lowest BCUT2D eigenvalue weighted by molar-refractivity contribution is 0.0240. The van der Waals surface area contributed by atoms with Crippen LogP contribution in [0.5, 0.6) is 11.5 Å². The number of piperazine rings is 1. The first-order valence-electron chi connectivity index (χ1n) is 16.7. The first kappa shape index (κ1) is 35.8. The van der Waals surface area contributed by atoms with E-state index in [2.05, 4.69) is 0 Å². The fourth-order valence-electron chi connectivity index (χ4n) is 5.59. The quantitative estimate of drug-likeness (QED) is 0.143. The number of carbonyl (C=O) groups is 1. The SMILES string of the molecule is Cc1ccc(S(=O)(=O)n2cc(N3CCN(C(=O)OC(C)(C)C)CC3)c(-c3cc(Cl)c(OCc4ccccc4)cc3OCc3ccccc3)n2)cc1. The summed E-state index contributed by atoms with van der Waals surface area (Å²) in [5, 5.41) is 5.02. The highest BCUT2D eigenvalue weighted by molar-refractivity contribution is 7.89. The van der Waals surface area contributed by atoms with Gasteiger partial charge in [-0.05, 0) is 57.0 Å². The van der Waals surface area contributed by atoms with Crippen LogP contribution in [0.2, 0.25) is 5.02 Å². The summed E-state index contributed by atoms with van der Waals surface area (Å²) < 4.78 is 47.1. The Bertz CT molecular complexity index is 2070. The monoisotopic (exact) mass is 728 g/mol. The van der Waals surface area contributed by atoms with Crippen LogP contribution < -0.4 is 14.4 Å². The van der Waals surface area contributed by atoms with Gasteiger partial charge in [0, 0.05) is 37.8 Å². The number of hydrogen-bond donors (Lipinski definition) is 0. The number of benzene rings is 4. The summed E-state index contributed by atoms with van der Waals surface area (Å²) in [5.74, 6) is 0.824. The van der Waals surface area contributed by atoms with Gasteiger partial charge in [-0.15, -0.1) is 0 Å². The van der Waals surface area contributed by atoms with Crippen LogP contribution in [0.4, 0.5) is 10.5 Å². The third-order valence-corrected chi connectivity index (χ3v) is 10.1. The van der Waals surface area contributed by atoms with Gasteiger partial charge in [0.05, 0.1) is 21.8 Å². The van der Waals surface area contributed by atoms with Crippen LogP contribution in [-0.2, 0) is 28.0 Å². The lowest BCUT2D eigenvalue weighted by Gasteiger charge is -2.36. The van der Waals surface area contributed by atoms with Gasteiger partial charge in [0.25, 0.3) is 10.0 Å². The van der Waals surface area contributed by atoms with Crippen molar-refractivity contribution in [3.8, 4) is 22.8 Å². The molecule has 1 aliphatic rings. The average molecular weight is 729 g/mol. The average Bonchev–Trinajstić information content (AvgIpc) is 3.57. The van der Waals surface area contributed by atoms with E-state index < -0.39 is 21.7 Å². The minimum Gasteiger partial charge on any atom is -0.488 e. The lowest BCUT2D eigenvalue weighted by Crippen LogP contribution is -2.50. The normalized spacial score (nSPS) is 13.6. The number of rotatable bonds is 10. The molecule has 10 nitrogen and oxygen atoms in total. The Morgan fingerprint density at radius 3 is 1.94 bits per heavy atom. The molecule has 0 radical (unpaired) electrons. The van der Waals surface area contributed by atoms with Crippen LogP contribution >= 0.6 is 11.6 Å². The zero-order chi connectivity index (χ0) is 36.2. The topological polar surface area (TPSA) is 103 Å². The van der Waals surface area contributed by atoms with Gasteiger partial charge in [-0.2, -0.15) is 17.6 Å². The smallest absolute Gasteiger partial charge is 0.410 e. The van der Waals surface area contributed by atoms with Gasteiger partial charge in [-0.25, -0.2) is 4.79 Å². The first-order chi connectivity index (χ1) is 24.4. The molecule has 0 aliphatic carbocycles. The van der Waals surface area contributed by atoms with Crippen LogP contribution in [0.1, 0.15) is 37.5 Å². The van der Waals surface area contributed by atoms with E-state index in [1.165, 1.54) is 6.20 Å². The standard InChI is InChI=1S/C39H41ClN4O6S/c1-28-15-17-31(18-16-28)51(46,47)44-25-34(42-19-21-43(22-20-42)38(45)50-39(2,3)4)37(41-44)32-23-33(40)36(49-27-30-13-9-6-10-14-30)24-35(32)48-26-29-11-7-5-8-12-29/h5-18,23-25H,19-22,26-27H2,1-4H3. The molecular weight excluding hydrogens is 688 g/mol. The molecule has 2 heterocycles. The molecule has 0 saturated carbocycles. The number of ether oxygens (including phenoxy) is 3. The summed E-state index contributed by atoms with van der Waals surface area (Å²) in [7, 11) is -4.08. The Kier molecular flexibility index (Phi) is 10.6. The van der Waals surface area contributed by atoms with Crippen molar-refractivity contribution >= 4 is 33.4 Å². The molecule has 1 amide bonds. The number of halogens is 1. The second-order valence-corrected chi connectivity index (χ2v) is 15.5. The second-order valence-electron chi connectivity index (χ2n) is 13.3. The number of aryl methyl sites for hydroxylation is 1. The fourth-order valence-corrected chi connectivity index (χ4v) is 6.93. The molecule has 1 aliphatic heterocycles. The molecule has 0 bridgehead atoms. The van der Waals surface area contributed by atoms with Gasteiger partial charge in [-0.3, -0.25) is 0 Å². The van der Waals surface area contributed by atoms with Crippen molar-refractivity contribution < 1.29 is 27.4 Å². The fraction of sp³-hybridized carbons (Fsp3) is 0.282. The van der Waals surface area contributed by atoms with Gasteiger partial charge in [0.1, 0.15) is 36.0 Å². The number of carbonyl (C=O) groups excluding carboxylic acids is 1. The molecule has 6 rings (SSSR count). The van der Waals surface area contributed by atoms with Gasteiger partial charge in [0.2, 0.25) is 0 Å². The number of anilines is 1. The van der Waals surface area contributed by atoms with E-state index in [1.54, 1.807) is 41.3 Å². The molecule has 0 unspecified atom stereocenters. The number of amides is 1. The predicted octanol–water partition coefficient (Wildman–Crippen LogP) is 7.96. The molecule has 0 atom stereocenters. The van der Waals surface area contributed by atoms with Crippen LogP contribution in [0.3, 0.4) is 0 Å². The highest BCUT2D eigenvalue weighted by atomic mass is 35.5. The Morgan fingerprint density at radius 1 is 0.804 bits per heavy atom. The molecule has 5 aromatic rings. The summed E-state index contributed by atoms with van der Waals surface area (Å²) in [6.07, 6.45) is 1.12. The van der Waals surface area contributed by atoms with E-state index in [4.69, 9.17) is 30.9 Å². The number of nitrogens with zero attached hydrogens (tertiary/aromatic N) is 4. The van der Waals surface area contributed by atoms with E-state index in [0.717, 1.165) is 20.8 Å². The largest absolute Gasteiger partial charge is 0.488 e. The van der Waals surface area contributed by atoms with E-state index >= 15 is 0 Å². The summed E-state index contributed by atoms with van der Waals surface area (Å²) >= 11 is 6.88. The Morgan fingerprint density at radius 2 is 1.37 bits per heavy atom. The Hall–Kier alpha value is -5.00.